The molecule has 1 amide bonds. The second-order valence-corrected chi connectivity index (χ2v) is 6.65. The number of hydrogen-bond donors (Lipinski definition) is 0. The largest absolute Gasteiger partial charge is 0.296 e. The van der Waals surface area contributed by atoms with Crippen molar-refractivity contribution in [1.29, 1.82) is 0 Å². The molecule has 0 aliphatic rings. The standard InChI is InChI=1S/C20H16N4OS/c1-23(18-11-5-6-12-21-18)20(25)16-14-24(15-8-3-2-4-9-15)22-19(16)17-10-7-13-26-17/h2-14H,1H3. The minimum absolute atomic E-state index is 0.144. The van der Waals surface area contributed by atoms with Crippen LogP contribution < -0.4 is 4.90 Å². The number of rotatable bonds is 4. The Morgan fingerprint density at radius 2 is 1.85 bits per heavy atom. The first-order valence-corrected chi connectivity index (χ1v) is 9.00. The van der Waals surface area contributed by atoms with E-state index in [1.807, 2.05) is 66.0 Å². The fraction of sp³-hybridized carbons (Fsp3) is 0.0500. The van der Waals surface area contributed by atoms with E-state index in [0.717, 1.165) is 10.6 Å². The van der Waals surface area contributed by atoms with Crippen molar-refractivity contribution in [2.45, 2.75) is 0 Å². The van der Waals surface area contributed by atoms with Gasteiger partial charge in [0.05, 0.1) is 16.1 Å². The van der Waals surface area contributed by atoms with E-state index >= 15 is 0 Å². The third kappa shape index (κ3) is 3.02. The van der Waals surface area contributed by atoms with Gasteiger partial charge in [-0.3, -0.25) is 9.69 Å². The molecule has 0 fully saturated rings. The van der Waals surface area contributed by atoms with Gasteiger partial charge in [-0.15, -0.1) is 11.3 Å². The van der Waals surface area contributed by atoms with E-state index < -0.39 is 0 Å². The fourth-order valence-corrected chi connectivity index (χ4v) is 3.40. The summed E-state index contributed by atoms with van der Waals surface area (Å²) in [7, 11) is 1.72. The Bertz CT molecular complexity index is 1010. The normalized spacial score (nSPS) is 10.7. The van der Waals surface area contributed by atoms with Gasteiger partial charge in [0.2, 0.25) is 0 Å². The lowest BCUT2D eigenvalue weighted by atomic mass is 10.2. The van der Waals surface area contributed by atoms with Crippen molar-refractivity contribution in [3.05, 3.63) is 84.0 Å². The first kappa shape index (κ1) is 16.2. The highest BCUT2D eigenvalue weighted by Gasteiger charge is 2.23. The van der Waals surface area contributed by atoms with Gasteiger partial charge in [-0.05, 0) is 35.7 Å². The van der Waals surface area contributed by atoms with Crippen molar-refractivity contribution in [3.8, 4) is 16.3 Å². The zero-order valence-corrected chi connectivity index (χ0v) is 14.9. The number of benzene rings is 1. The van der Waals surface area contributed by atoms with Crippen molar-refractivity contribution in [3.63, 3.8) is 0 Å². The SMILES string of the molecule is CN(C(=O)c1cn(-c2ccccc2)nc1-c1cccs1)c1ccccn1. The fourth-order valence-electron chi connectivity index (χ4n) is 2.68. The zero-order chi connectivity index (χ0) is 17.9. The quantitative estimate of drug-likeness (QED) is 0.546. The van der Waals surface area contributed by atoms with Crippen LogP contribution >= 0.6 is 11.3 Å². The second kappa shape index (κ2) is 6.93. The predicted octanol–water partition coefficient (Wildman–Crippen LogP) is 4.27. The molecule has 0 saturated heterocycles. The summed E-state index contributed by atoms with van der Waals surface area (Å²) in [4.78, 5) is 19.9. The number of carbonyl (C=O) groups is 1. The van der Waals surface area contributed by atoms with Gasteiger partial charge in [-0.2, -0.15) is 5.10 Å². The monoisotopic (exact) mass is 360 g/mol. The molecule has 6 heteroatoms. The van der Waals surface area contributed by atoms with Crippen molar-refractivity contribution < 1.29 is 4.79 Å². The molecule has 0 aliphatic heterocycles. The maximum absolute atomic E-state index is 13.1. The minimum Gasteiger partial charge on any atom is -0.296 e. The number of nitrogens with zero attached hydrogens (tertiary/aromatic N) is 4. The molecule has 0 saturated carbocycles. The van der Waals surface area contributed by atoms with Crippen molar-refractivity contribution in [2.24, 2.45) is 0 Å². The van der Waals surface area contributed by atoms with Gasteiger partial charge < -0.3 is 0 Å². The van der Waals surface area contributed by atoms with Gasteiger partial charge in [-0.25, -0.2) is 9.67 Å². The number of aromatic nitrogens is 3. The predicted molar refractivity (Wildman–Crippen MR) is 104 cm³/mol. The molecule has 0 bridgehead atoms. The Hall–Kier alpha value is -3.25. The summed E-state index contributed by atoms with van der Waals surface area (Å²) in [5.74, 6) is 0.455. The highest BCUT2D eigenvalue weighted by Crippen LogP contribution is 2.29. The van der Waals surface area contributed by atoms with Gasteiger partial charge in [0, 0.05) is 19.4 Å². The third-order valence-electron chi connectivity index (χ3n) is 4.02. The van der Waals surface area contributed by atoms with E-state index in [1.54, 1.807) is 40.4 Å². The highest BCUT2D eigenvalue weighted by atomic mass is 32.1. The molecule has 4 rings (SSSR count). The van der Waals surface area contributed by atoms with Gasteiger partial charge in [0.1, 0.15) is 11.5 Å². The van der Waals surface area contributed by atoms with Gasteiger partial charge in [-0.1, -0.05) is 30.3 Å². The maximum Gasteiger partial charge on any atom is 0.263 e. The molecule has 0 N–H and O–H groups in total. The molecule has 26 heavy (non-hydrogen) atoms. The Labute approximate surface area is 155 Å². The van der Waals surface area contributed by atoms with Crippen LogP contribution in [0.5, 0.6) is 0 Å². The summed E-state index contributed by atoms with van der Waals surface area (Å²) in [5, 5.41) is 6.66. The van der Waals surface area contributed by atoms with Crippen molar-refractivity contribution in [2.75, 3.05) is 11.9 Å². The van der Waals surface area contributed by atoms with Gasteiger partial charge in [0.15, 0.2) is 0 Å². The topological polar surface area (TPSA) is 51.0 Å². The molecular weight excluding hydrogens is 344 g/mol. The minimum atomic E-state index is -0.144. The molecule has 0 unspecified atom stereocenters. The molecule has 0 aliphatic carbocycles. The summed E-state index contributed by atoms with van der Waals surface area (Å²) < 4.78 is 1.74. The van der Waals surface area contributed by atoms with Gasteiger partial charge >= 0.3 is 0 Å². The summed E-state index contributed by atoms with van der Waals surface area (Å²) >= 11 is 1.56. The molecule has 1 aromatic carbocycles. The Kier molecular flexibility index (Phi) is 4.33. The molecule has 128 valence electrons. The van der Waals surface area contributed by atoms with E-state index in [4.69, 9.17) is 0 Å². The average Bonchev–Trinajstić information content (AvgIpc) is 3.38. The van der Waals surface area contributed by atoms with E-state index in [-0.39, 0.29) is 5.91 Å². The average molecular weight is 360 g/mol. The number of para-hydroxylation sites is 1. The van der Waals surface area contributed by atoms with Crippen molar-refractivity contribution >= 4 is 23.1 Å². The van der Waals surface area contributed by atoms with Crippen LogP contribution in [0.15, 0.2) is 78.4 Å². The highest BCUT2D eigenvalue weighted by molar-refractivity contribution is 7.13. The lowest BCUT2D eigenvalue weighted by molar-refractivity contribution is 0.0993. The number of anilines is 1. The third-order valence-corrected chi connectivity index (χ3v) is 4.89. The molecule has 0 radical (unpaired) electrons. The molecule has 4 aromatic rings. The number of carbonyl (C=O) groups excluding carboxylic acids is 1. The lowest BCUT2D eigenvalue weighted by Crippen LogP contribution is -2.27. The number of pyridine rings is 1. The van der Waals surface area contributed by atoms with Crippen LogP contribution in [-0.4, -0.2) is 27.7 Å². The Balaban J connectivity index is 1.79. The van der Waals surface area contributed by atoms with Crippen LogP contribution in [0.3, 0.4) is 0 Å². The number of thiophene rings is 1. The van der Waals surface area contributed by atoms with E-state index in [9.17, 15) is 4.79 Å². The first-order chi connectivity index (χ1) is 12.7. The summed E-state index contributed by atoms with van der Waals surface area (Å²) in [6.07, 6.45) is 3.46. The summed E-state index contributed by atoms with van der Waals surface area (Å²) in [5.41, 5.74) is 2.13. The smallest absolute Gasteiger partial charge is 0.263 e. The summed E-state index contributed by atoms with van der Waals surface area (Å²) in [6, 6.07) is 19.2. The molecule has 3 heterocycles. The van der Waals surface area contributed by atoms with E-state index in [0.29, 0.717) is 17.1 Å². The van der Waals surface area contributed by atoms with E-state index in [2.05, 4.69) is 10.1 Å². The zero-order valence-electron chi connectivity index (χ0n) is 14.1. The van der Waals surface area contributed by atoms with Crippen LogP contribution in [0, 0.1) is 0 Å². The van der Waals surface area contributed by atoms with Crippen molar-refractivity contribution in [1.82, 2.24) is 14.8 Å². The van der Waals surface area contributed by atoms with E-state index in [1.165, 1.54) is 0 Å². The van der Waals surface area contributed by atoms with Crippen LogP contribution in [0.2, 0.25) is 0 Å². The molecule has 0 atom stereocenters. The molecule has 3 aromatic heterocycles. The van der Waals surface area contributed by atoms with Crippen LogP contribution in [0.25, 0.3) is 16.3 Å². The Morgan fingerprint density at radius 1 is 1.04 bits per heavy atom. The number of hydrogen-bond acceptors (Lipinski definition) is 4. The molecule has 5 nitrogen and oxygen atoms in total. The summed E-state index contributed by atoms with van der Waals surface area (Å²) in [6.45, 7) is 0. The van der Waals surface area contributed by atoms with Crippen LogP contribution in [0.4, 0.5) is 5.82 Å². The van der Waals surface area contributed by atoms with Crippen LogP contribution in [-0.2, 0) is 0 Å². The molecule has 0 spiro atoms. The molecular formula is C20H16N4OS. The number of amides is 1. The lowest BCUT2D eigenvalue weighted by Gasteiger charge is -2.15. The Morgan fingerprint density at radius 3 is 2.54 bits per heavy atom. The van der Waals surface area contributed by atoms with Gasteiger partial charge in [0.25, 0.3) is 5.91 Å². The maximum atomic E-state index is 13.1. The van der Waals surface area contributed by atoms with Crippen LogP contribution in [0.1, 0.15) is 10.4 Å². The first-order valence-electron chi connectivity index (χ1n) is 8.12. The second-order valence-electron chi connectivity index (χ2n) is 5.70.